The molecule has 0 bridgehead atoms. The number of nitrogens with one attached hydrogen (secondary N) is 2. The van der Waals surface area contributed by atoms with E-state index in [1.165, 1.54) is 0 Å². The smallest absolute Gasteiger partial charge is 0.255 e. The molecule has 0 saturated heterocycles. The van der Waals surface area contributed by atoms with Crippen molar-refractivity contribution in [3.05, 3.63) is 88.4 Å². The summed E-state index contributed by atoms with van der Waals surface area (Å²) >= 11 is 5.96. The van der Waals surface area contributed by atoms with Gasteiger partial charge in [-0.1, -0.05) is 35.9 Å². The van der Waals surface area contributed by atoms with Gasteiger partial charge in [-0.25, -0.2) is 0 Å². The second-order valence-electron chi connectivity index (χ2n) is 6.71. The standard InChI is InChI=1S/C24H23ClN2O4/c1-30-21-11-10-16(14-22(21)31-2)12-13-26-24(29)19-8-3-4-9-20(19)27-23(28)17-6-5-7-18(25)15-17/h3-11,14-15H,12-13H2,1-2H3,(H,26,29)(H,27,28). The Balaban J connectivity index is 1.64. The molecule has 6 nitrogen and oxygen atoms in total. The van der Waals surface area contributed by atoms with Crippen molar-refractivity contribution in [3.8, 4) is 11.5 Å². The molecule has 0 unspecified atom stereocenters. The molecule has 0 aromatic heterocycles. The van der Waals surface area contributed by atoms with Gasteiger partial charge in [0.25, 0.3) is 11.8 Å². The predicted octanol–water partition coefficient (Wildman–Crippen LogP) is 4.58. The molecule has 0 aliphatic rings. The molecule has 0 heterocycles. The Labute approximate surface area is 186 Å². The van der Waals surface area contributed by atoms with Gasteiger partial charge in [0.05, 0.1) is 25.5 Å². The SMILES string of the molecule is COc1ccc(CCNC(=O)c2ccccc2NC(=O)c2cccc(Cl)c2)cc1OC. The summed E-state index contributed by atoms with van der Waals surface area (Å²) in [6, 6.07) is 19.1. The zero-order valence-corrected chi connectivity index (χ0v) is 18.0. The number of methoxy groups -OCH3 is 2. The second kappa shape index (κ2) is 10.5. The molecule has 3 aromatic carbocycles. The highest BCUT2D eigenvalue weighted by Crippen LogP contribution is 2.27. The van der Waals surface area contributed by atoms with E-state index in [9.17, 15) is 9.59 Å². The molecule has 31 heavy (non-hydrogen) atoms. The fourth-order valence-corrected chi connectivity index (χ4v) is 3.26. The zero-order chi connectivity index (χ0) is 22.2. The van der Waals surface area contributed by atoms with Crippen LogP contribution in [0, 0.1) is 0 Å². The van der Waals surface area contributed by atoms with Gasteiger partial charge in [-0.3, -0.25) is 9.59 Å². The molecular formula is C24H23ClN2O4. The lowest BCUT2D eigenvalue weighted by atomic mass is 10.1. The monoisotopic (exact) mass is 438 g/mol. The average molecular weight is 439 g/mol. The molecule has 3 rings (SSSR count). The van der Waals surface area contributed by atoms with Gasteiger partial charge in [0.15, 0.2) is 11.5 Å². The summed E-state index contributed by atoms with van der Waals surface area (Å²) in [7, 11) is 3.17. The molecule has 0 atom stereocenters. The Hall–Kier alpha value is -3.51. The highest BCUT2D eigenvalue weighted by Gasteiger charge is 2.14. The van der Waals surface area contributed by atoms with Crippen LogP contribution in [0.2, 0.25) is 5.02 Å². The van der Waals surface area contributed by atoms with Crippen molar-refractivity contribution >= 4 is 29.1 Å². The summed E-state index contributed by atoms with van der Waals surface area (Å²) in [6.07, 6.45) is 0.614. The van der Waals surface area contributed by atoms with Gasteiger partial charge in [-0.2, -0.15) is 0 Å². The normalized spacial score (nSPS) is 10.3. The first kappa shape index (κ1) is 22.2. The molecule has 0 spiro atoms. The molecule has 7 heteroatoms. The van der Waals surface area contributed by atoms with Gasteiger partial charge in [-0.05, 0) is 54.4 Å². The van der Waals surface area contributed by atoms with Crippen LogP contribution < -0.4 is 20.1 Å². The minimum Gasteiger partial charge on any atom is -0.493 e. The first-order valence-corrected chi connectivity index (χ1v) is 10.0. The van der Waals surface area contributed by atoms with Gasteiger partial charge in [-0.15, -0.1) is 0 Å². The molecule has 0 fully saturated rings. The molecular weight excluding hydrogens is 416 g/mol. The van der Waals surface area contributed by atoms with Crippen LogP contribution in [0.15, 0.2) is 66.7 Å². The Kier molecular flexibility index (Phi) is 7.51. The van der Waals surface area contributed by atoms with Gasteiger partial charge in [0.2, 0.25) is 0 Å². The number of ether oxygens (including phenoxy) is 2. The van der Waals surface area contributed by atoms with Crippen molar-refractivity contribution in [1.29, 1.82) is 0 Å². The third-order valence-electron chi connectivity index (χ3n) is 4.65. The van der Waals surface area contributed by atoms with E-state index in [0.717, 1.165) is 5.56 Å². The third-order valence-corrected chi connectivity index (χ3v) is 4.89. The summed E-state index contributed by atoms with van der Waals surface area (Å²) in [5.41, 5.74) is 2.22. The molecule has 2 amide bonds. The lowest BCUT2D eigenvalue weighted by Crippen LogP contribution is -2.27. The van der Waals surface area contributed by atoms with Crippen molar-refractivity contribution in [2.45, 2.75) is 6.42 Å². The van der Waals surface area contributed by atoms with Gasteiger partial charge in [0.1, 0.15) is 0 Å². The highest BCUT2D eigenvalue weighted by atomic mass is 35.5. The molecule has 2 N–H and O–H groups in total. The number of rotatable bonds is 8. The molecule has 0 saturated carbocycles. The van der Waals surface area contributed by atoms with Crippen molar-refractivity contribution in [1.82, 2.24) is 5.32 Å². The summed E-state index contributed by atoms with van der Waals surface area (Å²) in [5, 5.41) is 6.14. The first-order chi connectivity index (χ1) is 15.0. The van der Waals surface area contributed by atoms with E-state index < -0.39 is 0 Å². The predicted molar refractivity (Wildman–Crippen MR) is 121 cm³/mol. The maximum Gasteiger partial charge on any atom is 0.255 e. The van der Waals surface area contributed by atoms with Crippen molar-refractivity contribution in [2.75, 3.05) is 26.1 Å². The number of amides is 2. The van der Waals surface area contributed by atoms with Crippen LogP contribution >= 0.6 is 11.6 Å². The second-order valence-corrected chi connectivity index (χ2v) is 7.14. The molecule has 0 radical (unpaired) electrons. The van der Waals surface area contributed by atoms with E-state index in [1.807, 2.05) is 18.2 Å². The Morgan fingerprint density at radius 1 is 0.871 bits per heavy atom. The number of carbonyl (C=O) groups is 2. The highest BCUT2D eigenvalue weighted by molar-refractivity contribution is 6.31. The summed E-state index contributed by atoms with van der Waals surface area (Å²) in [5.74, 6) is 0.676. The van der Waals surface area contributed by atoms with E-state index in [0.29, 0.717) is 46.3 Å². The molecule has 3 aromatic rings. The van der Waals surface area contributed by atoms with Crippen molar-refractivity contribution < 1.29 is 19.1 Å². The molecule has 160 valence electrons. The number of anilines is 1. The van der Waals surface area contributed by atoms with Gasteiger partial charge < -0.3 is 20.1 Å². The van der Waals surface area contributed by atoms with Crippen LogP contribution in [0.4, 0.5) is 5.69 Å². The Morgan fingerprint density at radius 3 is 2.39 bits per heavy atom. The molecule has 0 aliphatic carbocycles. The molecule has 0 aliphatic heterocycles. The quantitative estimate of drug-likeness (QED) is 0.539. The topological polar surface area (TPSA) is 76.7 Å². The van der Waals surface area contributed by atoms with Crippen molar-refractivity contribution in [3.63, 3.8) is 0 Å². The zero-order valence-electron chi connectivity index (χ0n) is 17.3. The van der Waals surface area contributed by atoms with Crippen LogP contribution in [-0.2, 0) is 6.42 Å². The largest absolute Gasteiger partial charge is 0.493 e. The van der Waals surface area contributed by atoms with Crippen LogP contribution in [0.3, 0.4) is 0 Å². The summed E-state index contributed by atoms with van der Waals surface area (Å²) in [6.45, 7) is 0.422. The van der Waals surface area contributed by atoms with Gasteiger partial charge >= 0.3 is 0 Å². The lowest BCUT2D eigenvalue weighted by Gasteiger charge is -2.12. The number of benzene rings is 3. The fourth-order valence-electron chi connectivity index (χ4n) is 3.07. The lowest BCUT2D eigenvalue weighted by molar-refractivity contribution is 0.0955. The van der Waals surface area contributed by atoms with Crippen LogP contribution in [-0.4, -0.2) is 32.6 Å². The van der Waals surface area contributed by atoms with Gasteiger partial charge in [0, 0.05) is 17.1 Å². The van der Waals surface area contributed by atoms with E-state index >= 15 is 0 Å². The number of hydrogen-bond donors (Lipinski definition) is 2. The van der Waals surface area contributed by atoms with Crippen molar-refractivity contribution in [2.24, 2.45) is 0 Å². The van der Waals surface area contributed by atoms with E-state index in [4.69, 9.17) is 21.1 Å². The summed E-state index contributed by atoms with van der Waals surface area (Å²) < 4.78 is 10.5. The number of carbonyl (C=O) groups excluding carboxylic acids is 2. The number of hydrogen-bond acceptors (Lipinski definition) is 4. The first-order valence-electron chi connectivity index (χ1n) is 9.67. The number of halogens is 1. The Bertz CT molecular complexity index is 1080. The fraction of sp³-hybridized carbons (Fsp3) is 0.167. The number of para-hydroxylation sites is 1. The third kappa shape index (κ3) is 5.77. The summed E-state index contributed by atoms with van der Waals surface area (Å²) in [4.78, 5) is 25.3. The maximum absolute atomic E-state index is 12.7. The average Bonchev–Trinajstić information content (AvgIpc) is 2.79. The Morgan fingerprint density at radius 2 is 1.65 bits per heavy atom. The van der Waals surface area contributed by atoms with Crippen LogP contribution in [0.1, 0.15) is 26.3 Å². The minimum absolute atomic E-state index is 0.275. The maximum atomic E-state index is 12.7. The van der Waals surface area contributed by atoms with E-state index in [2.05, 4.69) is 10.6 Å². The van der Waals surface area contributed by atoms with E-state index in [-0.39, 0.29) is 11.8 Å². The van der Waals surface area contributed by atoms with Crippen LogP contribution in [0.25, 0.3) is 0 Å². The van der Waals surface area contributed by atoms with E-state index in [1.54, 1.807) is 62.8 Å². The van der Waals surface area contributed by atoms with Crippen LogP contribution in [0.5, 0.6) is 11.5 Å². The minimum atomic E-state index is -0.340.